The molecule has 0 radical (unpaired) electrons. The minimum atomic E-state index is -0.525. The molecule has 2 amide bonds. The fourth-order valence-corrected chi connectivity index (χ4v) is 3.67. The van der Waals surface area contributed by atoms with Gasteiger partial charge >= 0.3 is 6.09 Å². The Morgan fingerprint density at radius 2 is 1.86 bits per heavy atom. The number of carbonyl (C=O) groups is 2. The van der Waals surface area contributed by atoms with E-state index in [0.29, 0.717) is 38.3 Å². The summed E-state index contributed by atoms with van der Waals surface area (Å²) in [6.07, 6.45) is 1.99. The molecule has 2 aromatic rings. The third kappa shape index (κ3) is 4.44. The van der Waals surface area contributed by atoms with E-state index in [-0.39, 0.29) is 6.09 Å². The summed E-state index contributed by atoms with van der Waals surface area (Å²) in [6.45, 7) is 11.7. The van der Waals surface area contributed by atoms with Crippen molar-refractivity contribution in [3.05, 3.63) is 21.9 Å². The van der Waals surface area contributed by atoms with Crippen LogP contribution in [0.2, 0.25) is 0 Å². The van der Waals surface area contributed by atoms with Gasteiger partial charge in [0.2, 0.25) is 6.41 Å². The molecule has 0 saturated carbocycles. The van der Waals surface area contributed by atoms with Gasteiger partial charge in [-0.1, -0.05) is 0 Å². The van der Waals surface area contributed by atoms with Gasteiger partial charge in [0.15, 0.2) is 0 Å². The number of aryl methyl sites for hydroxylation is 2. The molecular formula is C20H26BrN5O3. The zero-order valence-corrected chi connectivity index (χ0v) is 19.0. The van der Waals surface area contributed by atoms with Gasteiger partial charge in [-0.25, -0.2) is 9.78 Å². The Morgan fingerprint density at radius 1 is 1.21 bits per heavy atom. The van der Waals surface area contributed by atoms with E-state index in [0.717, 1.165) is 32.5 Å². The van der Waals surface area contributed by atoms with Gasteiger partial charge in [0.25, 0.3) is 0 Å². The van der Waals surface area contributed by atoms with Crippen LogP contribution >= 0.6 is 15.9 Å². The second kappa shape index (κ2) is 8.14. The Kier molecular flexibility index (Phi) is 5.97. The summed E-state index contributed by atoms with van der Waals surface area (Å²) in [5.41, 5.74) is 4.27. The fraction of sp³-hybridized carbons (Fsp3) is 0.500. The summed E-state index contributed by atoms with van der Waals surface area (Å²) in [7, 11) is 0. The Balaban J connectivity index is 1.94. The monoisotopic (exact) mass is 463 g/mol. The molecular weight excluding hydrogens is 438 g/mol. The molecule has 0 aromatic carbocycles. The van der Waals surface area contributed by atoms with Crippen molar-refractivity contribution in [2.24, 2.45) is 0 Å². The number of hydrogen-bond acceptors (Lipinski definition) is 6. The molecule has 1 saturated heterocycles. The highest BCUT2D eigenvalue weighted by Crippen LogP contribution is 2.36. The van der Waals surface area contributed by atoms with Crippen LogP contribution in [0.3, 0.4) is 0 Å². The summed E-state index contributed by atoms with van der Waals surface area (Å²) in [4.78, 5) is 36.6. The number of nitrogens with zero attached hydrogens (tertiary/aromatic N) is 4. The molecule has 9 heteroatoms. The van der Waals surface area contributed by atoms with E-state index in [1.807, 2.05) is 34.6 Å². The molecule has 0 spiro atoms. The number of nitrogens with one attached hydrogen (secondary N) is 1. The molecule has 2 aromatic heterocycles. The molecule has 0 atom stereocenters. The number of piperazine rings is 1. The Morgan fingerprint density at radius 3 is 2.45 bits per heavy atom. The van der Waals surface area contributed by atoms with Gasteiger partial charge in [0.1, 0.15) is 11.1 Å². The number of halogens is 1. The van der Waals surface area contributed by atoms with Crippen LogP contribution in [0, 0.1) is 13.8 Å². The average molecular weight is 464 g/mol. The van der Waals surface area contributed by atoms with Gasteiger partial charge in [-0.2, -0.15) is 0 Å². The third-order valence-electron chi connectivity index (χ3n) is 4.77. The number of pyridine rings is 2. The highest BCUT2D eigenvalue weighted by atomic mass is 79.9. The van der Waals surface area contributed by atoms with Crippen molar-refractivity contribution in [2.45, 2.75) is 40.2 Å². The molecule has 1 aliphatic heterocycles. The quantitative estimate of drug-likeness (QED) is 0.699. The van der Waals surface area contributed by atoms with Crippen LogP contribution in [-0.4, -0.2) is 59.2 Å². The number of carbonyl (C=O) groups excluding carboxylic acids is 2. The Bertz CT molecular complexity index is 950. The molecule has 0 bridgehead atoms. The van der Waals surface area contributed by atoms with Crippen LogP contribution in [0.5, 0.6) is 0 Å². The maximum atomic E-state index is 12.4. The van der Waals surface area contributed by atoms with E-state index in [9.17, 15) is 9.59 Å². The maximum Gasteiger partial charge on any atom is 0.410 e. The highest BCUT2D eigenvalue weighted by molar-refractivity contribution is 9.10. The standard InChI is InChI=1S/C20H26BrN5O3/c1-12-15(21)13(2)24-17-16(12)22-10-14(23-11-27)18(17)25-6-8-26(9-7-25)19(28)29-20(3,4)5/h10-11H,6-9H2,1-5H3,(H,23,27). The van der Waals surface area contributed by atoms with Crippen LogP contribution in [0.25, 0.3) is 11.0 Å². The molecule has 3 rings (SSSR count). The first-order chi connectivity index (χ1) is 13.6. The van der Waals surface area contributed by atoms with Gasteiger partial charge in [-0.15, -0.1) is 0 Å². The van der Waals surface area contributed by atoms with E-state index < -0.39 is 5.60 Å². The molecule has 3 heterocycles. The van der Waals surface area contributed by atoms with Crippen LogP contribution in [0.1, 0.15) is 32.0 Å². The molecule has 1 N–H and O–H groups in total. The lowest BCUT2D eigenvalue weighted by Crippen LogP contribution is -2.50. The summed E-state index contributed by atoms with van der Waals surface area (Å²) >= 11 is 3.57. The Labute approximate surface area is 178 Å². The van der Waals surface area contributed by atoms with Gasteiger partial charge in [-0.05, 0) is 56.1 Å². The van der Waals surface area contributed by atoms with Crippen LogP contribution in [0.4, 0.5) is 16.2 Å². The number of rotatable bonds is 3. The highest BCUT2D eigenvalue weighted by Gasteiger charge is 2.28. The van der Waals surface area contributed by atoms with E-state index in [2.05, 4.69) is 31.1 Å². The zero-order valence-electron chi connectivity index (χ0n) is 17.4. The van der Waals surface area contributed by atoms with Crippen molar-refractivity contribution in [3.63, 3.8) is 0 Å². The molecule has 0 aliphatic carbocycles. The van der Waals surface area contributed by atoms with Crippen molar-refractivity contribution in [3.8, 4) is 0 Å². The van der Waals surface area contributed by atoms with Crippen molar-refractivity contribution in [2.75, 3.05) is 36.4 Å². The van der Waals surface area contributed by atoms with Crippen molar-refractivity contribution in [1.29, 1.82) is 0 Å². The first-order valence-corrected chi connectivity index (χ1v) is 10.3. The molecule has 29 heavy (non-hydrogen) atoms. The number of aromatic nitrogens is 2. The summed E-state index contributed by atoms with van der Waals surface area (Å²) in [6, 6.07) is 0. The lowest BCUT2D eigenvalue weighted by Gasteiger charge is -2.37. The minimum absolute atomic E-state index is 0.309. The summed E-state index contributed by atoms with van der Waals surface area (Å²) < 4.78 is 6.40. The summed E-state index contributed by atoms with van der Waals surface area (Å²) in [5.74, 6) is 0. The van der Waals surface area contributed by atoms with E-state index in [1.54, 1.807) is 11.1 Å². The largest absolute Gasteiger partial charge is 0.444 e. The molecule has 1 fully saturated rings. The summed E-state index contributed by atoms with van der Waals surface area (Å²) in [5, 5.41) is 2.74. The molecule has 0 unspecified atom stereocenters. The number of amides is 2. The van der Waals surface area contributed by atoms with Gasteiger partial charge in [0, 0.05) is 30.7 Å². The number of ether oxygens (including phenoxy) is 1. The minimum Gasteiger partial charge on any atom is -0.444 e. The average Bonchev–Trinajstić information content (AvgIpc) is 2.65. The van der Waals surface area contributed by atoms with Crippen LogP contribution in [0.15, 0.2) is 10.7 Å². The van der Waals surface area contributed by atoms with Crippen LogP contribution in [-0.2, 0) is 9.53 Å². The van der Waals surface area contributed by atoms with E-state index in [4.69, 9.17) is 9.72 Å². The van der Waals surface area contributed by atoms with E-state index in [1.165, 1.54) is 0 Å². The predicted molar refractivity (Wildman–Crippen MR) is 116 cm³/mol. The van der Waals surface area contributed by atoms with Gasteiger partial charge in [-0.3, -0.25) is 9.78 Å². The number of anilines is 2. The topological polar surface area (TPSA) is 87.7 Å². The van der Waals surface area contributed by atoms with Crippen molar-refractivity contribution >= 4 is 50.8 Å². The van der Waals surface area contributed by atoms with Crippen molar-refractivity contribution < 1.29 is 14.3 Å². The Hall–Kier alpha value is -2.42. The second-order valence-electron chi connectivity index (χ2n) is 8.07. The van der Waals surface area contributed by atoms with Gasteiger partial charge < -0.3 is 19.9 Å². The molecule has 156 valence electrons. The first-order valence-electron chi connectivity index (χ1n) is 9.51. The predicted octanol–water partition coefficient (Wildman–Crippen LogP) is 3.63. The van der Waals surface area contributed by atoms with Gasteiger partial charge in [0.05, 0.1) is 28.8 Å². The lowest BCUT2D eigenvalue weighted by atomic mass is 10.1. The third-order valence-corrected chi connectivity index (χ3v) is 5.94. The molecule has 1 aliphatic rings. The van der Waals surface area contributed by atoms with Crippen molar-refractivity contribution in [1.82, 2.24) is 14.9 Å². The first kappa shape index (κ1) is 21.3. The normalized spacial score (nSPS) is 14.8. The SMILES string of the molecule is Cc1nc2c(N3CCN(C(=O)OC(C)(C)C)CC3)c(NC=O)cnc2c(C)c1Br. The second-order valence-corrected chi connectivity index (χ2v) is 8.86. The lowest BCUT2D eigenvalue weighted by molar-refractivity contribution is -0.105. The van der Waals surface area contributed by atoms with E-state index >= 15 is 0 Å². The smallest absolute Gasteiger partial charge is 0.410 e. The maximum absolute atomic E-state index is 12.4. The fourth-order valence-electron chi connectivity index (χ4n) is 3.39. The number of hydrogen-bond donors (Lipinski definition) is 1. The van der Waals surface area contributed by atoms with Crippen LogP contribution < -0.4 is 10.2 Å². The zero-order chi connectivity index (χ0) is 21.3. The molecule has 8 nitrogen and oxygen atoms in total. The number of fused-ring (bicyclic) bond motifs is 1.